The number of nitrogens with zero attached hydrogens (tertiary/aromatic N) is 3. The summed E-state index contributed by atoms with van der Waals surface area (Å²) >= 11 is 5.94. The molecule has 0 saturated carbocycles. The predicted octanol–water partition coefficient (Wildman–Crippen LogP) is 1.83. The van der Waals surface area contributed by atoms with Crippen molar-refractivity contribution in [1.82, 2.24) is 15.3 Å². The molecule has 1 fully saturated rings. The van der Waals surface area contributed by atoms with Crippen LogP contribution in [0.3, 0.4) is 0 Å². The minimum atomic E-state index is 0.195. The van der Waals surface area contributed by atoms with Crippen molar-refractivity contribution in [3.05, 3.63) is 29.4 Å². The van der Waals surface area contributed by atoms with Crippen LogP contribution >= 0.6 is 11.6 Å². The number of aliphatic hydroxyl groups is 1. The lowest BCUT2D eigenvalue weighted by atomic mass is 10.1. The van der Waals surface area contributed by atoms with Gasteiger partial charge in [-0.25, -0.2) is 9.97 Å². The van der Waals surface area contributed by atoms with Crippen molar-refractivity contribution in [2.24, 2.45) is 0 Å². The van der Waals surface area contributed by atoms with E-state index in [4.69, 9.17) is 16.7 Å². The van der Waals surface area contributed by atoms with E-state index in [1.807, 2.05) is 18.2 Å². The second kappa shape index (κ2) is 6.56. The molecule has 112 valence electrons. The van der Waals surface area contributed by atoms with Crippen molar-refractivity contribution in [2.75, 3.05) is 31.1 Å². The number of aromatic nitrogens is 2. The Kier molecular flexibility index (Phi) is 4.53. The molecule has 0 bridgehead atoms. The standard InChI is InChI=1S/C15H19ClN4O/c16-12-9-11-1-2-14(19-15(11)18-10-12)20-6-3-13(4-7-20)17-5-8-21/h1-2,9-10,13,17,21H,3-8H2. The van der Waals surface area contributed by atoms with E-state index in [9.17, 15) is 0 Å². The molecule has 1 aliphatic heterocycles. The van der Waals surface area contributed by atoms with Crippen LogP contribution < -0.4 is 10.2 Å². The highest BCUT2D eigenvalue weighted by Crippen LogP contribution is 2.22. The molecule has 0 unspecified atom stereocenters. The Morgan fingerprint density at radius 1 is 1.33 bits per heavy atom. The fourth-order valence-corrected chi connectivity index (χ4v) is 2.90. The number of hydrogen-bond acceptors (Lipinski definition) is 5. The summed E-state index contributed by atoms with van der Waals surface area (Å²) in [5.74, 6) is 0.970. The van der Waals surface area contributed by atoms with Crippen LogP contribution in [0.4, 0.5) is 5.82 Å². The Morgan fingerprint density at radius 2 is 2.14 bits per heavy atom. The van der Waals surface area contributed by atoms with Crippen molar-refractivity contribution in [3.63, 3.8) is 0 Å². The van der Waals surface area contributed by atoms with E-state index < -0.39 is 0 Å². The first-order chi connectivity index (χ1) is 10.3. The second-order valence-electron chi connectivity index (χ2n) is 5.31. The van der Waals surface area contributed by atoms with Crippen molar-refractivity contribution in [2.45, 2.75) is 18.9 Å². The van der Waals surface area contributed by atoms with Gasteiger partial charge in [0.25, 0.3) is 0 Å². The van der Waals surface area contributed by atoms with E-state index in [1.165, 1.54) is 0 Å². The smallest absolute Gasteiger partial charge is 0.161 e. The molecule has 1 aliphatic rings. The minimum absolute atomic E-state index is 0.195. The summed E-state index contributed by atoms with van der Waals surface area (Å²) < 4.78 is 0. The summed E-state index contributed by atoms with van der Waals surface area (Å²) in [6, 6.07) is 6.42. The van der Waals surface area contributed by atoms with E-state index in [2.05, 4.69) is 20.2 Å². The first kappa shape index (κ1) is 14.5. The summed E-state index contributed by atoms with van der Waals surface area (Å²) in [4.78, 5) is 11.2. The van der Waals surface area contributed by atoms with Crippen LogP contribution in [0.5, 0.6) is 0 Å². The van der Waals surface area contributed by atoms with E-state index in [1.54, 1.807) is 6.20 Å². The summed E-state index contributed by atoms with van der Waals surface area (Å²) in [6.07, 6.45) is 3.76. The molecule has 2 aromatic rings. The monoisotopic (exact) mass is 306 g/mol. The summed E-state index contributed by atoms with van der Waals surface area (Å²) in [6.45, 7) is 2.80. The van der Waals surface area contributed by atoms with Gasteiger partial charge in [-0.05, 0) is 31.0 Å². The Bertz CT molecular complexity index is 614. The van der Waals surface area contributed by atoms with Gasteiger partial charge >= 0.3 is 0 Å². The Hall–Kier alpha value is -1.43. The van der Waals surface area contributed by atoms with Gasteiger partial charge in [-0.2, -0.15) is 0 Å². The zero-order valence-corrected chi connectivity index (χ0v) is 12.6. The van der Waals surface area contributed by atoms with Gasteiger partial charge in [0.2, 0.25) is 0 Å². The maximum atomic E-state index is 8.85. The van der Waals surface area contributed by atoms with Crippen LogP contribution in [0, 0.1) is 0 Å². The molecule has 0 spiro atoms. The van der Waals surface area contributed by atoms with Crippen LogP contribution in [-0.4, -0.2) is 47.4 Å². The van der Waals surface area contributed by atoms with Crippen LogP contribution in [0.25, 0.3) is 11.0 Å². The predicted molar refractivity (Wildman–Crippen MR) is 84.9 cm³/mol. The van der Waals surface area contributed by atoms with Gasteiger partial charge in [-0.3, -0.25) is 0 Å². The average Bonchev–Trinajstić information content (AvgIpc) is 2.53. The van der Waals surface area contributed by atoms with Crippen LogP contribution in [0.1, 0.15) is 12.8 Å². The minimum Gasteiger partial charge on any atom is -0.395 e. The topological polar surface area (TPSA) is 61.3 Å². The van der Waals surface area contributed by atoms with Crippen LogP contribution in [-0.2, 0) is 0 Å². The molecule has 3 rings (SSSR count). The maximum absolute atomic E-state index is 8.85. The number of fused-ring (bicyclic) bond motifs is 1. The largest absolute Gasteiger partial charge is 0.395 e. The molecule has 3 heterocycles. The van der Waals surface area contributed by atoms with E-state index in [0.717, 1.165) is 42.8 Å². The van der Waals surface area contributed by atoms with Gasteiger partial charge in [-0.15, -0.1) is 0 Å². The molecule has 0 atom stereocenters. The lowest BCUT2D eigenvalue weighted by Crippen LogP contribution is -2.43. The van der Waals surface area contributed by atoms with Gasteiger partial charge in [0.15, 0.2) is 5.65 Å². The summed E-state index contributed by atoms with van der Waals surface area (Å²) in [5, 5.41) is 13.8. The quantitative estimate of drug-likeness (QED) is 0.902. The average molecular weight is 307 g/mol. The molecule has 0 aromatic carbocycles. The Labute approximate surface area is 129 Å². The Morgan fingerprint density at radius 3 is 2.90 bits per heavy atom. The highest BCUT2D eigenvalue weighted by atomic mass is 35.5. The lowest BCUT2D eigenvalue weighted by Gasteiger charge is -2.33. The van der Waals surface area contributed by atoms with Crippen molar-refractivity contribution in [1.29, 1.82) is 0 Å². The number of anilines is 1. The summed E-state index contributed by atoms with van der Waals surface area (Å²) in [5.41, 5.74) is 0.734. The van der Waals surface area contributed by atoms with E-state index in [-0.39, 0.29) is 6.61 Å². The Balaban J connectivity index is 1.69. The fourth-order valence-electron chi connectivity index (χ4n) is 2.73. The normalized spacial score (nSPS) is 16.6. The van der Waals surface area contributed by atoms with Gasteiger partial charge in [0.1, 0.15) is 5.82 Å². The number of rotatable bonds is 4. The van der Waals surface area contributed by atoms with E-state index in [0.29, 0.717) is 17.6 Å². The number of halogens is 1. The number of nitrogens with one attached hydrogen (secondary N) is 1. The number of piperidine rings is 1. The molecule has 21 heavy (non-hydrogen) atoms. The molecule has 6 heteroatoms. The molecule has 5 nitrogen and oxygen atoms in total. The molecule has 2 N–H and O–H groups in total. The highest BCUT2D eigenvalue weighted by Gasteiger charge is 2.19. The maximum Gasteiger partial charge on any atom is 0.161 e. The number of pyridine rings is 2. The molecule has 2 aromatic heterocycles. The summed E-state index contributed by atoms with van der Waals surface area (Å²) in [7, 11) is 0. The first-order valence-corrected chi connectivity index (χ1v) is 7.65. The molecule has 0 aliphatic carbocycles. The second-order valence-corrected chi connectivity index (χ2v) is 5.75. The van der Waals surface area contributed by atoms with Crippen LogP contribution in [0.15, 0.2) is 24.4 Å². The molecule has 1 saturated heterocycles. The van der Waals surface area contributed by atoms with Gasteiger partial charge in [0.05, 0.1) is 11.6 Å². The third-order valence-corrected chi connectivity index (χ3v) is 4.06. The van der Waals surface area contributed by atoms with Gasteiger partial charge in [0, 0.05) is 37.3 Å². The first-order valence-electron chi connectivity index (χ1n) is 7.28. The van der Waals surface area contributed by atoms with Crippen LogP contribution in [0.2, 0.25) is 5.02 Å². The van der Waals surface area contributed by atoms with Crippen molar-refractivity contribution < 1.29 is 5.11 Å². The molecular formula is C15H19ClN4O. The number of aliphatic hydroxyl groups excluding tert-OH is 1. The highest BCUT2D eigenvalue weighted by molar-refractivity contribution is 6.31. The third-order valence-electron chi connectivity index (χ3n) is 3.86. The molecule has 0 amide bonds. The third kappa shape index (κ3) is 3.43. The van der Waals surface area contributed by atoms with Crippen molar-refractivity contribution >= 4 is 28.5 Å². The number of hydrogen-bond donors (Lipinski definition) is 2. The zero-order valence-electron chi connectivity index (χ0n) is 11.8. The van der Waals surface area contributed by atoms with Gasteiger partial charge < -0.3 is 15.3 Å². The lowest BCUT2D eigenvalue weighted by molar-refractivity contribution is 0.277. The SMILES string of the molecule is OCCNC1CCN(c2ccc3cc(Cl)cnc3n2)CC1. The van der Waals surface area contributed by atoms with Crippen molar-refractivity contribution in [3.8, 4) is 0 Å². The molecule has 0 radical (unpaired) electrons. The van der Waals surface area contributed by atoms with Gasteiger partial charge in [-0.1, -0.05) is 11.6 Å². The zero-order chi connectivity index (χ0) is 14.7. The fraction of sp³-hybridized carbons (Fsp3) is 0.467. The molecular weight excluding hydrogens is 288 g/mol. The van der Waals surface area contributed by atoms with E-state index >= 15 is 0 Å².